The van der Waals surface area contributed by atoms with Gasteiger partial charge >= 0.3 is 5.92 Å². The van der Waals surface area contributed by atoms with Crippen LogP contribution in [0.3, 0.4) is 0 Å². The molecule has 1 aromatic rings. The molecule has 0 heterocycles. The molecular weight excluding hydrogens is 198 g/mol. The third kappa shape index (κ3) is 2.22. The number of hydrogen-bond acceptors (Lipinski definition) is 1. The Morgan fingerprint density at radius 3 is 1.93 bits per heavy atom. The first kappa shape index (κ1) is 11.8. The molecule has 1 aromatic carbocycles. The maximum Gasteiger partial charge on any atom is 0.314 e. The van der Waals surface area contributed by atoms with Gasteiger partial charge in [-0.15, -0.1) is 0 Å². The zero-order chi connectivity index (χ0) is 11.7. The minimum absolute atomic E-state index is 0.0532. The molecule has 0 saturated carbocycles. The van der Waals surface area contributed by atoms with Crippen LogP contribution in [0, 0.1) is 5.41 Å². The highest BCUT2D eigenvalue weighted by molar-refractivity contribution is 6.01. The molecule has 0 unspecified atom stereocenters. The van der Waals surface area contributed by atoms with E-state index in [1.807, 2.05) is 0 Å². The third-order valence-corrected chi connectivity index (χ3v) is 2.26. The maximum absolute atomic E-state index is 13.7. The summed E-state index contributed by atoms with van der Waals surface area (Å²) in [5, 5.41) is 0. The Balaban J connectivity index is 3.06. The molecule has 0 fully saturated rings. The number of rotatable bonds is 2. The van der Waals surface area contributed by atoms with Gasteiger partial charge in [-0.05, 0) is 0 Å². The van der Waals surface area contributed by atoms with Crippen LogP contribution in [0.25, 0.3) is 0 Å². The molecule has 0 atom stereocenters. The molecule has 0 amide bonds. The number of alkyl halides is 2. The van der Waals surface area contributed by atoms with Crippen LogP contribution in [0.4, 0.5) is 8.78 Å². The zero-order valence-corrected chi connectivity index (χ0v) is 9.05. The van der Waals surface area contributed by atoms with Crippen molar-refractivity contribution in [1.82, 2.24) is 0 Å². The number of ketones is 1. The predicted octanol–water partition coefficient (Wildman–Crippen LogP) is 3.55. The largest absolute Gasteiger partial charge is 0.314 e. The van der Waals surface area contributed by atoms with Gasteiger partial charge in [-0.2, -0.15) is 8.78 Å². The molecule has 15 heavy (non-hydrogen) atoms. The highest BCUT2D eigenvalue weighted by Gasteiger charge is 2.50. The highest BCUT2D eigenvalue weighted by atomic mass is 19.3. The fraction of sp³-hybridized carbons (Fsp3) is 0.417. The van der Waals surface area contributed by atoms with Crippen LogP contribution >= 0.6 is 0 Å². The van der Waals surface area contributed by atoms with E-state index in [1.54, 1.807) is 18.2 Å². The van der Waals surface area contributed by atoms with Crippen molar-refractivity contribution in [3.8, 4) is 0 Å². The third-order valence-electron chi connectivity index (χ3n) is 2.26. The molecule has 0 N–H and O–H groups in total. The number of benzene rings is 1. The van der Waals surface area contributed by atoms with E-state index in [4.69, 9.17) is 0 Å². The summed E-state index contributed by atoms with van der Waals surface area (Å²) < 4.78 is 27.3. The highest BCUT2D eigenvalue weighted by Crippen LogP contribution is 2.38. The van der Waals surface area contributed by atoms with E-state index >= 15 is 0 Å². The molecule has 0 aliphatic rings. The first-order valence-electron chi connectivity index (χ1n) is 4.74. The number of carbonyl (C=O) groups is 1. The molecule has 1 rings (SSSR count). The van der Waals surface area contributed by atoms with Crippen LogP contribution in [0.5, 0.6) is 0 Å². The van der Waals surface area contributed by atoms with E-state index in [2.05, 4.69) is 0 Å². The molecule has 0 saturated heterocycles. The van der Waals surface area contributed by atoms with Gasteiger partial charge in [0.05, 0.1) is 0 Å². The van der Waals surface area contributed by atoms with Gasteiger partial charge in [-0.3, -0.25) is 4.79 Å². The van der Waals surface area contributed by atoms with Crippen LogP contribution in [0.15, 0.2) is 30.3 Å². The molecule has 0 bridgehead atoms. The van der Waals surface area contributed by atoms with Gasteiger partial charge in [-0.1, -0.05) is 51.1 Å². The standard InChI is InChI=1S/C12H14F2O/c1-11(2,3)12(13,14)10(15)9-7-5-4-6-8-9/h4-8H,1-3H3. The van der Waals surface area contributed by atoms with Gasteiger partial charge in [0.15, 0.2) is 0 Å². The van der Waals surface area contributed by atoms with Crippen molar-refractivity contribution < 1.29 is 13.6 Å². The number of hydrogen-bond donors (Lipinski definition) is 0. The van der Waals surface area contributed by atoms with Crippen molar-refractivity contribution in [3.63, 3.8) is 0 Å². The second-order valence-corrected chi connectivity index (χ2v) is 4.52. The molecule has 82 valence electrons. The Labute approximate surface area is 88.1 Å². The van der Waals surface area contributed by atoms with Gasteiger partial charge in [0.2, 0.25) is 5.78 Å². The van der Waals surface area contributed by atoms with Crippen molar-refractivity contribution in [3.05, 3.63) is 35.9 Å². The van der Waals surface area contributed by atoms with Gasteiger partial charge < -0.3 is 0 Å². The fourth-order valence-electron chi connectivity index (χ4n) is 1.11. The topological polar surface area (TPSA) is 17.1 Å². The number of carbonyl (C=O) groups excluding carboxylic acids is 1. The summed E-state index contributed by atoms with van der Waals surface area (Å²) in [5.74, 6) is -4.45. The average Bonchev–Trinajstić information content (AvgIpc) is 2.16. The summed E-state index contributed by atoms with van der Waals surface area (Å²) in [7, 11) is 0. The number of Topliss-reactive ketones (excluding diaryl/α,β-unsaturated/α-hetero) is 1. The summed E-state index contributed by atoms with van der Waals surface area (Å²) in [6.07, 6.45) is 0. The summed E-state index contributed by atoms with van der Waals surface area (Å²) in [6, 6.07) is 7.65. The van der Waals surface area contributed by atoms with Crippen LogP contribution in [-0.4, -0.2) is 11.7 Å². The van der Waals surface area contributed by atoms with Gasteiger partial charge in [0.1, 0.15) is 0 Å². The lowest BCUT2D eigenvalue weighted by Gasteiger charge is -2.28. The predicted molar refractivity (Wildman–Crippen MR) is 55.2 cm³/mol. The van der Waals surface area contributed by atoms with E-state index in [-0.39, 0.29) is 5.56 Å². The molecule has 0 aliphatic carbocycles. The molecule has 0 aromatic heterocycles. The van der Waals surface area contributed by atoms with Crippen molar-refractivity contribution in [2.75, 3.05) is 0 Å². The Morgan fingerprint density at radius 1 is 1.07 bits per heavy atom. The van der Waals surface area contributed by atoms with Crippen molar-refractivity contribution >= 4 is 5.78 Å². The quantitative estimate of drug-likeness (QED) is 0.685. The van der Waals surface area contributed by atoms with Crippen LogP contribution in [0.1, 0.15) is 31.1 Å². The van der Waals surface area contributed by atoms with Crippen molar-refractivity contribution in [2.45, 2.75) is 26.7 Å². The summed E-state index contributed by atoms with van der Waals surface area (Å²) in [5.41, 5.74) is -1.31. The second-order valence-electron chi connectivity index (χ2n) is 4.52. The molecule has 0 radical (unpaired) electrons. The van der Waals surface area contributed by atoms with E-state index in [1.165, 1.54) is 32.9 Å². The minimum atomic E-state index is -3.34. The van der Waals surface area contributed by atoms with Crippen LogP contribution in [0.2, 0.25) is 0 Å². The fourth-order valence-corrected chi connectivity index (χ4v) is 1.11. The smallest absolute Gasteiger partial charge is 0.287 e. The summed E-state index contributed by atoms with van der Waals surface area (Å²) in [6.45, 7) is 4.06. The maximum atomic E-state index is 13.7. The Morgan fingerprint density at radius 2 is 1.53 bits per heavy atom. The lowest BCUT2D eigenvalue weighted by molar-refractivity contribution is -0.0625. The van der Waals surface area contributed by atoms with Gasteiger partial charge in [-0.25, -0.2) is 0 Å². The summed E-state index contributed by atoms with van der Waals surface area (Å²) in [4.78, 5) is 11.6. The molecule has 3 heteroatoms. The molecule has 1 nitrogen and oxygen atoms in total. The SMILES string of the molecule is CC(C)(C)C(F)(F)C(=O)c1ccccc1. The Hall–Kier alpha value is -1.25. The molecule has 0 aliphatic heterocycles. The van der Waals surface area contributed by atoms with Gasteiger partial charge in [0, 0.05) is 11.0 Å². The van der Waals surface area contributed by atoms with E-state index in [0.29, 0.717) is 0 Å². The lowest BCUT2D eigenvalue weighted by atomic mass is 9.83. The monoisotopic (exact) mass is 212 g/mol. The van der Waals surface area contributed by atoms with E-state index in [9.17, 15) is 13.6 Å². The minimum Gasteiger partial charge on any atom is -0.287 e. The van der Waals surface area contributed by atoms with Crippen LogP contribution < -0.4 is 0 Å². The Bertz CT molecular complexity index is 350. The van der Waals surface area contributed by atoms with Crippen molar-refractivity contribution in [2.24, 2.45) is 5.41 Å². The normalized spacial score (nSPS) is 12.6. The van der Waals surface area contributed by atoms with Crippen LogP contribution in [-0.2, 0) is 0 Å². The zero-order valence-electron chi connectivity index (χ0n) is 9.05. The van der Waals surface area contributed by atoms with E-state index < -0.39 is 17.1 Å². The van der Waals surface area contributed by atoms with Gasteiger partial charge in [0.25, 0.3) is 0 Å². The van der Waals surface area contributed by atoms with Crippen molar-refractivity contribution in [1.29, 1.82) is 0 Å². The lowest BCUT2D eigenvalue weighted by Crippen LogP contribution is -2.41. The average molecular weight is 212 g/mol. The first-order valence-corrected chi connectivity index (χ1v) is 4.74. The second kappa shape index (κ2) is 3.72. The Kier molecular flexibility index (Phi) is 2.93. The summed E-state index contributed by atoms with van der Waals surface area (Å²) >= 11 is 0. The molecular formula is C12H14F2O. The first-order chi connectivity index (χ1) is 6.77. The molecule has 0 spiro atoms. The van der Waals surface area contributed by atoms with E-state index in [0.717, 1.165) is 0 Å². The number of halogens is 2.